The standard InChI is InChI=1S/C15H21ClN4O/c1-3-5-12-18-13(16)9(2)14(19-12)20-7-4-6-10-11(20)8-17-15(10)21/h10-11H,3-8H2,1-2H3,(H,17,21). The van der Waals surface area contributed by atoms with Crippen LogP contribution in [0.4, 0.5) is 5.82 Å². The summed E-state index contributed by atoms with van der Waals surface area (Å²) >= 11 is 6.29. The van der Waals surface area contributed by atoms with E-state index < -0.39 is 0 Å². The third kappa shape index (κ3) is 2.59. The summed E-state index contributed by atoms with van der Waals surface area (Å²) in [4.78, 5) is 23.3. The van der Waals surface area contributed by atoms with Gasteiger partial charge in [0, 0.05) is 25.1 Å². The number of piperidine rings is 1. The first kappa shape index (κ1) is 14.6. The number of halogens is 1. The van der Waals surface area contributed by atoms with Gasteiger partial charge in [-0.2, -0.15) is 0 Å². The van der Waals surface area contributed by atoms with Crippen molar-refractivity contribution < 1.29 is 4.79 Å². The minimum Gasteiger partial charge on any atom is -0.354 e. The van der Waals surface area contributed by atoms with Crippen molar-refractivity contribution in [1.82, 2.24) is 15.3 Å². The number of hydrogen-bond donors (Lipinski definition) is 1. The minimum atomic E-state index is 0.0847. The van der Waals surface area contributed by atoms with Gasteiger partial charge in [0.2, 0.25) is 5.91 Å². The zero-order valence-electron chi connectivity index (χ0n) is 12.5. The summed E-state index contributed by atoms with van der Waals surface area (Å²) in [6.07, 6.45) is 3.79. The molecule has 0 aliphatic carbocycles. The van der Waals surface area contributed by atoms with Crippen molar-refractivity contribution in [2.45, 2.75) is 45.6 Å². The van der Waals surface area contributed by atoms with Gasteiger partial charge in [0.1, 0.15) is 16.8 Å². The minimum absolute atomic E-state index is 0.0847. The lowest BCUT2D eigenvalue weighted by atomic mass is 9.91. The van der Waals surface area contributed by atoms with Crippen molar-refractivity contribution in [3.8, 4) is 0 Å². The monoisotopic (exact) mass is 308 g/mol. The van der Waals surface area contributed by atoms with E-state index in [2.05, 4.69) is 22.1 Å². The fourth-order valence-corrected chi connectivity index (χ4v) is 3.53. The Morgan fingerprint density at radius 2 is 2.24 bits per heavy atom. The lowest BCUT2D eigenvalue weighted by Gasteiger charge is -2.37. The summed E-state index contributed by atoms with van der Waals surface area (Å²) in [7, 11) is 0. The predicted octanol–water partition coefficient (Wildman–Crippen LogP) is 2.11. The Morgan fingerprint density at radius 3 is 3.00 bits per heavy atom. The highest BCUT2D eigenvalue weighted by atomic mass is 35.5. The number of anilines is 1. The number of aryl methyl sites for hydroxylation is 1. The summed E-state index contributed by atoms with van der Waals surface area (Å²) in [5, 5.41) is 3.51. The van der Waals surface area contributed by atoms with Crippen molar-refractivity contribution in [2.75, 3.05) is 18.0 Å². The molecule has 2 saturated heterocycles. The van der Waals surface area contributed by atoms with Crippen molar-refractivity contribution in [3.63, 3.8) is 0 Å². The number of nitrogens with one attached hydrogen (secondary N) is 1. The Hall–Kier alpha value is -1.36. The van der Waals surface area contributed by atoms with Gasteiger partial charge in [-0.05, 0) is 26.2 Å². The number of aromatic nitrogens is 2. The maximum atomic E-state index is 11.9. The van der Waals surface area contributed by atoms with Gasteiger partial charge < -0.3 is 10.2 Å². The van der Waals surface area contributed by atoms with Gasteiger partial charge in [0.25, 0.3) is 0 Å². The maximum Gasteiger partial charge on any atom is 0.225 e. The molecule has 114 valence electrons. The summed E-state index contributed by atoms with van der Waals surface area (Å²) < 4.78 is 0. The quantitative estimate of drug-likeness (QED) is 0.869. The highest BCUT2D eigenvalue weighted by Crippen LogP contribution is 2.33. The van der Waals surface area contributed by atoms with E-state index in [9.17, 15) is 4.79 Å². The molecule has 0 spiro atoms. The molecule has 0 bridgehead atoms. The van der Waals surface area contributed by atoms with Crippen LogP contribution in [0, 0.1) is 12.8 Å². The van der Waals surface area contributed by atoms with Gasteiger partial charge in [-0.25, -0.2) is 9.97 Å². The van der Waals surface area contributed by atoms with Gasteiger partial charge in [0.05, 0.1) is 12.0 Å². The van der Waals surface area contributed by atoms with Crippen LogP contribution in [-0.4, -0.2) is 35.0 Å². The number of rotatable bonds is 3. The van der Waals surface area contributed by atoms with Crippen molar-refractivity contribution in [3.05, 3.63) is 16.5 Å². The molecule has 1 amide bonds. The fourth-order valence-electron chi connectivity index (χ4n) is 3.35. The Labute approximate surface area is 130 Å². The zero-order valence-corrected chi connectivity index (χ0v) is 13.3. The molecule has 3 heterocycles. The molecule has 2 aliphatic rings. The van der Waals surface area contributed by atoms with E-state index >= 15 is 0 Å². The molecule has 5 nitrogen and oxygen atoms in total. The normalized spacial score (nSPS) is 24.9. The van der Waals surface area contributed by atoms with E-state index in [0.717, 1.165) is 49.4 Å². The van der Waals surface area contributed by atoms with E-state index in [1.54, 1.807) is 0 Å². The summed E-state index contributed by atoms with van der Waals surface area (Å²) in [5.41, 5.74) is 0.913. The number of carbonyl (C=O) groups excluding carboxylic acids is 1. The molecule has 0 aromatic carbocycles. The first-order valence-corrected chi connectivity index (χ1v) is 8.07. The average Bonchev–Trinajstić information content (AvgIpc) is 2.85. The molecule has 1 aromatic rings. The second kappa shape index (κ2) is 5.79. The molecular weight excluding hydrogens is 288 g/mol. The summed E-state index contributed by atoms with van der Waals surface area (Å²) in [6.45, 7) is 5.69. The highest BCUT2D eigenvalue weighted by molar-refractivity contribution is 6.30. The molecular formula is C15H21ClN4O. The average molecular weight is 309 g/mol. The number of fused-ring (bicyclic) bond motifs is 1. The molecule has 2 aliphatic heterocycles. The molecule has 0 radical (unpaired) electrons. The van der Waals surface area contributed by atoms with Crippen LogP contribution in [0.15, 0.2) is 0 Å². The van der Waals surface area contributed by atoms with Crippen LogP contribution < -0.4 is 10.2 Å². The second-order valence-electron chi connectivity index (χ2n) is 5.88. The molecule has 21 heavy (non-hydrogen) atoms. The smallest absolute Gasteiger partial charge is 0.225 e. The van der Waals surface area contributed by atoms with Crippen LogP contribution in [0.2, 0.25) is 5.15 Å². The van der Waals surface area contributed by atoms with E-state index in [-0.39, 0.29) is 17.9 Å². The topological polar surface area (TPSA) is 58.1 Å². The molecule has 1 aromatic heterocycles. The van der Waals surface area contributed by atoms with E-state index in [0.29, 0.717) is 11.7 Å². The first-order valence-electron chi connectivity index (χ1n) is 7.69. The molecule has 6 heteroatoms. The third-order valence-electron chi connectivity index (χ3n) is 4.45. The second-order valence-corrected chi connectivity index (χ2v) is 6.24. The summed E-state index contributed by atoms with van der Waals surface area (Å²) in [5.74, 6) is 1.96. The van der Waals surface area contributed by atoms with Gasteiger partial charge in [-0.1, -0.05) is 18.5 Å². The molecule has 2 unspecified atom stereocenters. The summed E-state index contributed by atoms with van der Waals surface area (Å²) in [6, 6.07) is 0.199. The lowest BCUT2D eigenvalue weighted by molar-refractivity contribution is -0.122. The molecule has 2 fully saturated rings. The fraction of sp³-hybridized carbons (Fsp3) is 0.667. The Bertz CT molecular complexity index is 563. The predicted molar refractivity (Wildman–Crippen MR) is 82.6 cm³/mol. The third-order valence-corrected chi connectivity index (χ3v) is 4.82. The van der Waals surface area contributed by atoms with E-state index in [4.69, 9.17) is 16.6 Å². The van der Waals surface area contributed by atoms with Crippen LogP contribution in [0.3, 0.4) is 0 Å². The molecule has 2 atom stereocenters. The molecule has 1 N–H and O–H groups in total. The van der Waals surface area contributed by atoms with Crippen LogP contribution in [0.1, 0.15) is 37.6 Å². The Morgan fingerprint density at radius 1 is 1.43 bits per heavy atom. The van der Waals surface area contributed by atoms with Gasteiger partial charge >= 0.3 is 0 Å². The van der Waals surface area contributed by atoms with Crippen molar-refractivity contribution in [1.29, 1.82) is 0 Å². The Balaban J connectivity index is 1.97. The van der Waals surface area contributed by atoms with E-state index in [1.165, 1.54) is 0 Å². The number of amides is 1. The van der Waals surface area contributed by atoms with Crippen LogP contribution in [0.25, 0.3) is 0 Å². The number of nitrogens with zero attached hydrogens (tertiary/aromatic N) is 3. The van der Waals surface area contributed by atoms with Crippen molar-refractivity contribution >= 4 is 23.3 Å². The Kier molecular flexibility index (Phi) is 4.02. The van der Waals surface area contributed by atoms with Crippen LogP contribution in [0.5, 0.6) is 0 Å². The molecule has 0 saturated carbocycles. The van der Waals surface area contributed by atoms with Crippen LogP contribution in [-0.2, 0) is 11.2 Å². The number of hydrogen-bond acceptors (Lipinski definition) is 4. The lowest BCUT2D eigenvalue weighted by Crippen LogP contribution is -2.46. The maximum absolute atomic E-state index is 11.9. The van der Waals surface area contributed by atoms with Crippen LogP contribution >= 0.6 is 11.6 Å². The first-order chi connectivity index (χ1) is 10.1. The van der Waals surface area contributed by atoms with E-state index in [1.807, 2.05) is 6.92 Å². The highest BCUT2D eigenvalue weighted by Gasteiger charge is 2.41. The molecule has 3 rings (SSSR count). The van der Waals surface area contributed by atoms with Gasteiger partial charge in [-0.3, -0.25) is 4.79 Å². The number of carbonyl (C=O) groups is 1. The van der Waals surface area contributed by atoms with Gasteiger partial charge in [-0.15, -0.1) is 0 Å². The SMILES string of the molecule is CCCc1nc(Cl)c(C)c(N2CCCC3C(=O)NCC32)n1. The van der Waals surface area contributed by atoms with Gasteiger partial charge in [0.15, 0.2) is 0 Å². The largest absolute Gasteiger partial charge is 0.354 e. The van der Waals surface area contributed by atoms with Crippen molar-refractivity contribution in [2.24, 2.45) is 5.92 Å². The zero-order chi connectivity index (χ0) is 15.0.